The van der Waals surface area contributed by atoms with E-state index in [1.807, 2.05) is 0 Å². The van der Waals surface area contributed by atoms with Crippen molar-refractivity contribution in [2.45, 2.75) is 12.6 Å². The second kappa shape index (κ2) is 5.52. The van der Waals surface area contributed by atoms with Gasteiger partial charge in [0.2, 0.25) is 0 Å². The summed E-state index contributed by atoms with van der Waals surface area (Å²) in [5.74, 6) is -3.35. The van der Waals surface area contributed by atoms with Gasteiger partial charge in [0.05, 0.1) is 6.42 Å². The quantitative estimate of drug-likeness (QED) is 0.902. The van der Waals surface area contributed by atoms with Crippen molar-refractivity contribution < 1.29 is 27.9 Å². The van der Waals surface area contributed by atoms with Crippen LogP contribution in [0.1, 0.15) is 6.42 Å². The molecular weight excluding hydrogens is 251 g/mol. The van der Waals surface area contributed by atoms with Crippen LogP contribution in [0.15, 0.2) is 30.3 Å². The van der Waals surface area contributed by atoms with Crippen LogP contribution in [0.3, 0.4) is 0 Å². The molecule has 1 aromatic rings. The number of carboxylic acid groups (broad SMARTS) is 1. The van der Waals surface area contributed by atoms with E-state index in [2.05, 4.69) is 0 Å². The van der Waals surface area contributed by atoms with E-state index in [0.717, 1.165) is 0 Å². The number of anilines is 1. The van der Waals surface area contributed by atoms with Gasteiger partial charge >= 0.3 is 18.1 Å². The maximum Gasteiger partial charge on any atom is 0.471 e. The Morgan fingerprint density at radius 2 is 1.72 bits per heavy atom. The van der Waals surface area contributed by atoms with Crippen LogP contribution in [0.25, 0.3) is 0 Å². The number of para-hydroxylation sites is 1. The van der Waals surface area contributed by atoms with Gasteiger partial charge < -0.3 is 10.0 Å². The number of aliphatic carboxylic acids is 1. The number of carboxylic acids is 1. The van der Waals surface area contributed by atoms with Gasteiger partial charge in [-0.05, 0) is 12.1 Å². The summed E-state index contributed by atoms with van der Waals surface area (Å²) < 4.78 is 37.1. The molecule has 0 aliphatic carbocycles. The summed E-state index contributed by atoms with van der Waals surface area (Å²) in [4.78, 5) is 22.0. The minimum atomic E-state index is -5.03. The SMILES string of the molecule is O=C(O)CCN(C(=O)C(F)(F)F)c1ccccc1. The van der Waals surface area contributed by atoms with Gasteiger partial charge in [-0.1, -0.05) is 18.2 Å². The van der Waals surface area contributed by atoms with E-state index < -0.39 is 31.0 Å². The third kappa shape index (κ3) is 3.76. The summed E-state index contributed by atoms with van der Waals surface area (Å²) in [6.45, 7) is -0.530. The Labute approximate surface area is 101 Å². The molecule has 18 heavy (non-hydrogen) atoms. The van der Waals surface area contributed by atoms with E-state index in [1.165, 1.54) is 24.3 Å². The number of hydrogen-bond donors (Lipinski definition) is 1. The third-order valence-electron chi connectivity index (χ3n) is 2.10. The molecule has 0 heterocycles. The number of halogens is 3. The normalized spacial score (nSPS) is 11.1. The number of nitrogens with zero attached hydrogens (tertiary/aromatic N) is 1. The van der Waals surface area contributed by atoms with Crippen molar-refractivity contribution in [2.24, 2.45) is 0 Å². The van der Waals surface area contributed by atoms with Crippen LogP contribution in [-0.2, 0) is 9.59 Å². The van der Waals surface area contributed by atoms with Crippen molar-refractivity contribution in [1.82, 2.24) is 0 Å². The number of rotatable bonds is 4. The number of alkyl halides is 3. The highest BCUT2D eigenvalue weighted by Crippen LogP contribution is 2.23. The highest BCUT2D eigenvalue weighted by molar-refractivity contribution is 5.97. The maximum absolute atomic E-state index is 12.4. The van der Waals surface area contributed by atoms with Crippen LogP contribution in [0, 0.1) is 0 Å². The van der Waals surface area contributed by atoms with Crippen LogP contribution in [0.2, 0.25) is 0 Å². The van der Waals surface area contributed by atoms with Gasteiger partial charge in [-0.3, -0.25) is 9.59 Å². The minimum Gasteiger partial charge on any atom is -0.481 e. The first-order valence-corrected chi connectivity index (χ1v) is 4.98. The zero-order valence-electron chi connectivity index (χ0n) is 9.15. The number of hydrogen-bond acceptors (Lipinski definition) is 2. The molecule has 0 saturated heterocycles. The molecule has 0 aliphatic rings. The van der Waals surface area contributed by atoms with Gasteiger partial charge in [0.15, 0.2) is 0 Å². The van der Waals surface area contributed by atoms with Crippen molar-refractivity contribution in [2.75, 3.05) is 11.4 Å². The predicted octanol–water partition coefficient (Wildman–Crippen LogP) is 2.06. The zero-order chi connectivity index (χ0) is 13.8. The van der Waals surface area contributed by atoms with Crippen molar-refractivity contribution in [3.63, 3.8) is 0 Å². The van der Waals surface area contributed by atoms with Crippen LogP contribution >= 0.6 is 0 Å². The molecule has 0 saturated carbocycles. The zero-order valence-corrected chi connectivity index (χ0v) is 9.15. The fourth-order valence-corrected chi connectivity index (χ4v) is 1.32. The van der Waals surface area contributed by atoms with E-state index in [-0.39, 0.29) is 5.69 Å². The van der Waals surface area contributed by atoms with Crippen molar-refractivity contribution in [3.05, 3.63) is 30.3 Å². The highest BCUT2D eigenvalue weighted by Gasteiger charge is 2.43. The molecule has 0 spiro atoms. The Balaban J connectivity index is 2.96. The molecule has 98 valence electrons. The fraction of sp³-hybridized carbons (Fsp3) is 0.273. The number of carbonyl (C=O) groups excluding carboxylic acids is 1. The summed E-state index contributed by atoms with van der Waals surface area (Å²) in [5, 5.41) is 8.47. The minimum absolute atomic E-state index is 0.0149. The first-order chi connectivity index (χ1) is 8.32. The van der Waals surface area contributed by atoms with Crippen molar-refractivity contribution in [1.29, 1.82) is 0 Å². The van der Waals surface area contributed by atoms with Gasteiger partial charge in [0.25, 0.3) is 0 Å². The van der Waals surface area contributed by atoms with E-state index in [0.29, 0.717) is 4.90 Å². The van der Waals surface area contributed by atoms with Crippen LogP contribution in [-0.4, -0.2) is 29.7 Å². The number of amides is 1. The molecule has 7 heteroatoms. The lowest BCUT2D eigenvalue weighted by Crippen LogP contribution is -2.42. The highest BCUT2D eigenvalue weighted by atomic mass is 19.4. The molecule has 0 bridgehead atoms. The van der Waals surface area contributed by atoms with Crippen LogP contribution in [0.5, 0.6) is 0 Å². The Kier molecular flexibility index (Phi) is 4.30. The Morgan fingerprint density at radius 1 is 1.17 bits per heavy atom. The van der Waals surface area contributed by atoms with E-state index in [4.69, 9.17) is 5.11 Å². The molecule has 0 aromatic heterocycles. The maximum atomic E-state index is 12.4. The van der Waals surface area contributed by atoms with E-state index in [9.17, 15) is 22.8 Å². The van der Waals surface area contributed by atoms with Crippen LogP contribution < -0.4 is 4.90 Å². The van der Waals surface area contributed by atoms with Crippen molar-refractivity contribution >= 4 is 17.6 Å². The molecule has 1 aromatic carbocycles. The first kappa shape index (κ1) is 14.0. The Morgan fingerprint density at radius 3 is 2.17 bits per heavy atom. The molecular formula is C11H10F3NO3. The van der Waals surface area contributed by atoms with Gasteiger partial charge in [0, 0.05) is 12.2 Å². The molecule has 0 radical (unpaired) electrons. The molecule has 4 nitrogen and oxygen atoms in total. The van der Waals surface area contributed by atoms with Gasteiger partial charge in [-0.25, -0.2) is 0 Å². The molecule has 1 rings (SSSR count). The molecule has 1 N–H and O–H groups in total. The molecule has 0 aliphatic heterocycles. The van der Waals surface area contributed by atoms with E-state index >= 15 is 0 Å². The number of benzene rings is 1. The molecule has 0 fully saturated rings. The third-order valence-corrected chi connectivity index (χ3v) is 2.10. The summed E-state index contributed by atoms with van der Waals surface area (Å²) in [6.07, 6.45) is -5.59. The van der Waals surface area contributed by atoms with Gasteiger partial charge in [0.1, 0.15) is 0 Å². The summed E-state index contributed by atoms with van der Waals surface area (Å²) in [7, 11) is 0. The topological polar surface area (TPSA) is 57.6 Å². The van der Waals surface area contributed by atoms with E-state index in [1.54, 1.807) is 6.07 Å². The smallest absolute Gasteiger partial charge is 0.471 e. The van der Waals surface area contributed by atoms with Crippen LogP contribution in [0.4, 0.5) is 18.9 Å². The molecule has 0 atom stereocenters. The Bertz CT molecular complexity index is 431. The summed E-state index contributed by atoms with van der Waals surface area (Å²) in [5.41, 5.74) is 0.0149. The van der Waals surface area contributed by atoms with Gasteiger partial charge in [-0.2, -0.15) is 13.2 Å². The summed E-state index contributed by atoms with van der Waals surface area (Å²) >= 11 is 0. The second-order valence-electron chi connectivity index (χ2n) is 3.43. The second-order valence-corrected chi connectivity index (χ2v) is 3.43. The lowest BCUT2D eigenvalue weighted by atomic mass is 10.2. The molecule has 0 unspecified atom stereocenters. The van der Waals surface area contributed by atoms with Crippen molar-refractivity contribution in [3.8, 4) is 0 Å². The first-order valence-electron chi connectivity index (χ1n) is 4.98. The predicted molar refractivity (Wildman–Crippen MR) is 57.1 cm³/mol. The monoisotopic (exact) mass is 261 g/mol. The lowest BCUT2D eigenvalue weighted by Gasteiger charge is -2.23. The standard InChI is InChI=1S/C11H10F3NO3/c12-11(13,14)10(18)15(7-6-9(16)17)8-4-2-1-3-5-8/h1-5H,6-7H2,(H,16,17). The summed E-state index contributed by atoms with van der Waals surface area (Å²) in [6, 6.07) is 7.13. The average molecular weight is 261 g/mol. The molecule has 1 amide bonds. The van der Waals surface area contributed by atoms with Gasteiger partial charge in [-0.15, -0.1) is 0 Å². The number of carbonyl (C=O) groups is 2. The Hall–Kier alpha value is -2.05. The lowest BCUT2D eigenvalue weighted by molar-refractivity contribution is -0.170. The fourth-order valence-electron chi connectivity index (χ4n) is 1.32. The average Bonchev–Trinajstić information content (AvgIpc) is 2.29. The largest absolute Gasteiger partial charge is 0.481 e.